The summed E-state index contributed by atoms with van der Waals surface area (Å²) in [7, 11) is 0. The van der Waals surface area contributed by atoms with E-state index in [1.54, 1.807) is 4.90 Å². The summed E-state index contributed by atoms with van der Waals surface area (Å²) in [4.78, 5) is 26.9. The summed E-state index contributed by atoms with van der Waals surface area (Å²) in [5.41, 5.74) is 4.18. The zero-order chi connectivity index (χ0) is 16.6. The van der Waals surface area contributed by atoms with Gasteiger partial charge in [-0.05, 0) is 45.0 Å². The lowest BCUT2D eigenvalue weighted by Crippen LogP contribution is -2.39. The maximum atomic E-state index is 13.1. The largest absolute Gasteiger partial charge is 0.324 e. The molecule has 3 rings (SSSR count). The molecule has 0 bridgehead atoms. The summed E-state index contributed by atoms with van der Waals surface area (Å²) in [5.74, 6) is -0.145. The highest BCUT2D eigenvalue weighted by atomic mass is 16.2. The maximum Gasteiger partial charge on any atom is 0.258 e. The van der Waals surface area contributed by atoms with E-state index in [9.17, 15) is 9.59 Å². The van der Waals surface area contributed by atoms with E-state index in [4.69, 9.17) is 0 Å². The molecule has 0 saturated heterocycles. The van der Waals surface area contributed by atoms with Gasteiger partial charge in [0.25, 0.3) is 5.91 Å². The molecule has 1 heterocycles. The first-order valence-electron chi connectivity index (χ1n) is 7.76. The normalized spacial score (nSPS) is 17.3. The molecule has 0 fully saturated rings. The van der Waals surface area contributed by atoms with Gasteiger partial charge in [0, 0.05) is 18.0 Å². The van der Waals surface area contributed by atoms with Crippen molar-refractivity contribution in [3.05, 3.63) is 59.2 Å². The monoisotopic (exact) mass is 308 g/mol. The van der Waals surface area contributed by atoms with Crippen LogP contribution in [0.2, 0.25) is 0 Å². The van der Waals surface area contributed by atoms with Crippen LogP contribution in [0.1, 0.15) is 34.8 Å². The number of benzene rings is 2. The second-order valence-corrected chi connectivity index (χ2v) is 6.17. The van der Waals surface area contributed by atoms with Crippen LogP contribution in [0.4, 0.5) is 11.4 Å². The van der Waals surface area contributed by atoms with E-state index in [1.165, 1.54) is 0 Å². The van der Waals surface area contributed by atoms with E-state index in [0.29, 0.717) is 11.3 Å². The van der Waals surface area contributed by atoms with E-state index in [-0.39, 0.29) is 24.3 Å². The number of rotatable bonds is 1. The molecule has 4 nitrogen and oxygen atoms in total. The number of para-hydroxylation sites is 2. The van der Waals surface area contributed by atoms with Gasteiger partial charge in [-0.2, -0.15) is 0 Å². The Morgan fingerprint density at radius 1 is 1.13 bits per heavy atom. The molecule has 2 aromatic rings. The average Bonchev–Trinajstić information content (AvgIpc) is 2.60. The molecule has 4 heteroatoms. The molecule has 0 radical (unpaired) electrons. The summed E-state index contributed by atoms with van der Waals surface area (Å²) < 4.78 is 0. The van der Waals surface area contributed by atoms with Crippen LogP contribution in [0, 0.1) is 13.8 Å². The van der Waals surface area contributed by atoms with Gasteiger partial charge in [-0.25, -0.2) is 0 Å². The number of aryl methyl sites for hydroxylation is 2. The molecule has 0 aliphatic carbocycles. The Kier molecular flexibility index (Phi) is 3.90. The Balaban J connectivity index is 2.09. The van der Waals surface area contributed by atoms with Crippen LogP contribution >= 0.6 is 0 Å². The van der Waals surface area contributed by atoms with Crippen LogP contribution in [0.5, 0.6) is 0 Å². The van der Waals surface area contributed by atoms with E-state index in [1.807, 2.05) is 63.2 Å². The number of fused-ring (bicyclic) bond motifs is 1. The van der Waals surface area contributed by atoms with E-state index in [0.717, 1.165) is 16.8 Å². The van der Waals surface area contributed by atoms with Crippen molar-refractivity contribution in [3.8, 4) is 0 Å². The zero-order valence-electron chi connectivity index (χ0n) is 13.6. The van der Waals surface area contributed by atoms with Crippen molar-refractivity contribution in [2.75, 3.05) is 10.2 Å². The third-order valence-electron chi connectivity index (χ3n) is 4.05. The molecule has 1 N–H and O–H groups in total. The summed E-state index contributed by atoms with van der Waals surface area (Å²) in [6, 6.07) is 13.1. The number of carbonyl (C=O) groups excluding carboxylic acids is 2. The van der Waals surface area contributed by atoms with Gasteiger partial charge in [0.2, 0.25) is 5.91 Å². The van der Waals surface area contributed by atoms with Crippen LogP contribution in [0.3, 0.4) is 0 Å². The Labute approximate surface area is 136 Å². The molecule has 0 aromatic heterocycles. The molecule has 118 valence electrons. The quantitative estimate of drug-likeness (QED) is 0.873. The molecular weight excluding hydrogens is 288 g/mol. The number of nitrogens with zero attached hydrogens (tertiary/aromatic N) is 1. The minimum Gasteiger partial charge on any atom is -0.324 e. The first-order valence-corrected chi connectivity index (χ1v) is 7.76. The fourth-order valence-electron chi connectivity index (χ4n) is 3.13. The zero-order valence-corrected chi connectivity index (χ0v) is 13.6. The third kappa shape index (κ3) is 2.97. The fraction of sp³-hybridized carbons (Fsp3) is 0.263. The predicted molar refractivity (Wildman–Crippen MR) is 91.9 cm³/mol. The van der Waals surface area contributed by atoms with Gasteiger partial charge < -0.3 is 10.2 Å². The minimum absolute atomic E-state index is 0.0688. The molecule has 2 amide bonds. The Morgan fingerprint density at radius 3 is 2.48 bits per heavy atom. The lowest BCUT2D eigenvalue weighted by Gasteiger charge is -2.28. The van der Waals surface area contributed by atoms with Crippen molar-refractivity contribution in [1.82, 2.24) is 0 Å². The topological polar surface area (TPSA) is 49.4 Å². The van der Waals surface area contributed by atoms with Crippen LogP contribution in [-0.4, -0.2) is 17.9 Å². The summed E-state index contributed by atoms with van der Waals surface area (Å²) >= 11 is 0. The molecule has 2 aromatic carbocycles. The van der Waals surface area contributed by atoms with Gasteiger partial charge in [-0.15, -0.1) is 0 Å². The van der Waals surface area contributed by atoms with E-state index in [2.05, 4.69) is 5.32 Å². The van der Waals surface area contributed by atoms with Crippen molar-refractivity contribution in [3.63, 3.8) is 0 Å². The molecule has 23 heavy (non-hydrogen) atoms. The maximum absolute atomic E-state index is 13.1. The number of hydrogen-bond acceptors (Lipinski definition) is 2. The minimum atomic E-state index is -0.202. The highest BCUT2D eigenvalue weighted by molar-refractivity contribution is 6.11. The standard InChI is InChI=1S/C19H20N2O2/c1-12-8-13(2)10-15(9-12)19(23)21-14(3)11-18(22)20-16-6-4-5-7-17(16)21/h4-10,14H,11H2,1-3H3,(H,20,22). The summed E-state index contributed by atoms with van der Waals surface area (Å²) in [6.45, 7) is 5.87. The third-order valence-corrected chi connectivity index (χ3v) is 4.05. The van der Waals surface area contributed by atoms with Crippen molar-refractivity contribution in [1.29, 1.82) is 0 Å². The Bertz CT molecular complexity index is 762. The molecule has 0 spiro atoms. The number of hydrogen-bond donors (Lipinski definition) is 1. The van der Waals surface area contributed by atoms with Gasteiger partial charge in [-0.3, -0.25) is 9.59 Å². The second kappa shape index (κ2) is 5.88. The smallest absolute Gasteiger partial charge is 0.258 e. The lowest BCUT2D eigenvalue weighted by molar-refractivity contribution is -0.116. The van der Waals surface area contributed by atoms with Gasteiger partial charge in [-0.1, -0.05) is 29.3 Å². The van der Waals surface area contributed by atoms with Gasteiger partial charge in [0.05, 0.1) is 11.4 Å². The average molecular weight is 308 g/mol. The Hall–Kier alpha value is -2.62. The Morgan fingerprint density at radius 2 is 1.78 bits per heavy atom. The van der Waals surface area contributed by atoms with Crippen LogP contribution in [0.25, 0.3) is 0 Å². The van der Waals surface area contributed by atoms with Crippen LogP contribution < -0.4 is 10.2 Å². The number of nitrogens with one attached hydrogen (secondary N) is 1. The molecular formula is C19H20N2O2. The highest BCUT2D eigenvalue weighted by Crippen LogP contribution is 2.32. The van der Waals surface area contributed by atoms with Crippen molar-refractivity contribution in [2.45, 2.75) is 33.2 Å². The number of carbonyl (C=O) groups is 2. The SMILES string of the molecule is Cc1cc(C)cc(C(=O)N2c3ccccc3NC(=O)CC2C)c1. The van der Waals surface area contributed by atoms with E-state index >= 15 is 0 Å². The van der Waals surface area contributed by atoms with Crippen molar-refractivity contribution >= 4 is 23.2 Å². The fourth-order valence-corrected chi connectivity index (χ4v) is 3.13. The summed E-state index contributed by atoms with van der Waals surface area (Å²) in [5, 5.41) is 2.88. The number of amides is 2. The van der Waals surface area contributed by atoms with Crippen molar-refractivity contribution in [2.24, 2.45) is 0 Å². The van der Waals surface area contributed by atoms with Gasteiger partial charge >= 0.3 is 0 Å². The van der Waals surface area contributed by atoms with Gasteiger partial charge in [0.15, 0.2) is 0 Å². The predicted octanol–water partition coefficient (Wildman–Crippen LogP) is 3.68. The summed E-state index contributed by atoms with van der Waals surface area (Å²) in [6.07, 6.45) is 0.283. The molecule has 0 saturated carbocycles. The second-order valence-electron chi connectivity index (χ2n) is 6.17. The van der Waals surface area contributed by atoms with Crippen LogP contribution in [-0.2, 0) is 4.79 Å². The molecule has 1 aliphatic heterocycles. The van der Waals surface area contributed by atoms with E-state index < -0.39 is 0 Å². The first kappa shape index (κ1) is 15.3. The lowest BCUT2D eigenvalue weighted by atomic mass is 10.0. The molecule has 1 aliphatic rings. The molecule has 1 atom stereocenters. The van der Waals surface area contributed by atoms with Crippen molar-refractivity contribution < 1.29 is 9.59 Å². The molecule has 1 unspecified atom stereocenters. The van der Waals surface area contributed by atoms with Gasteiger partial charge in [0.1, 0.15) is 0 Å². The highest BCUT2D eigenvalue weighted by Gasteiger charge is 2.30. The first-order chi connectivity index (χ1) is 11.0. The number of anilines is 2. The van der Waals surface area contributed by atoms with Crippen LogP contribution in [0.15, 0.2) is 42.5 Å².